The van der Waals surface area contributed by atoms with Crippen molar-refractivity contribution in [1.29, 1.82) is 0 Å². The van der Waals surface area contributed by atoms with Crippen LogP contribution in [0.4, 0.5) is 0 Å². The van der Waals surface area contributed by atoms with Gasteiger partial charge in [-0.3, -0.25) is 0 Å². The van der Waals surface area contributed by atoms with Crippen LogP contribution in [-0.4, -0.2) is 30.6 Å². The molecule has 0 bridgehead atoms. The van der Waals surface area contributed by atoms with Crippen LogP contribution in [0.1, 0.15) is 37.2 Å². The monoisotopic (exact) mass is 300 g/mol. The number of aromatic nitrogens is 1. The predicted molar refractivity (Wildman–Crippen MR) is 74.1 cm³/mol. The van der Waals surface area contributed by atoms with Crippen LogP contribution in [0, 0.1) is 11.3 Å². The van der Waals surface area contributed by atoms with Gasteiger partial charge in [-0.2, -0.15) is 0 Å². The Labute approximate surface area is 118 Å². The zero-order valence-electron chi connectivity index (χ0n) is 11.9. The first kappa shape index (κ1) is 15.1. The molecule has 1 aromatic heterocycles. The SMILES string of the molecule is CC(C)C1(CNS(=O)(=O)c2cc(C(=O)O)n(C)c2)CC1. The number of nitrogens with zero attached hydrogens (tertiary/aromatic N) is 1. The van der Waals surface area contributed by atoms with Crippen LogP contribution < -0.4 is 4.72 Å². The molecule has 1 aromatic rings. The van der Waals surface area contributed by atoms with E-state index in [0.717, 1.165) is 12.8 Å². The summed E-state index contributed by atoms with van der Waals surface area (Å²) in [6, 6.07) is 1.18. The molecule has 0 radical (unpaired) electrons. The van der Waals surface area contributed by atoms with Crippen molar-refractivity contribution in [3.05, 3.63) is 18.0 Å². The van der Waals surface area contributed by atoms with E-state index in [1.54, 1.807) is 0 Å². The zero-order chi connectivity index (χ0) is 15.1. The Morgan fingerprint density at radius 2 is 2.10 bits per heavy atom. The molecule has 1 aliphatic carbocycles. The summed E-state index contributed by atoms with van der Waals surface area (Å²) in [6.07, 6.45) is 3.38. The highest BCUT2D eigenvalue weighted by Crippen LogP contribution is 2.51. The zero-order valence-corrected chi connectivity index (χ0v) is 12.7. The van der Waals surface area contributed by atoms with Crippen LogP contribution in [0.25, 0.3) is 0 Å². The lowest BCUT2D eigenvalue weighted by Gasteiger charge is -2.19. The van der Waals surface area contributed by atoms with E-state index in [4.69, 9.17) is 5.11 Å². The molecule has 0 aromatic carbocycles. The van der Waals surface area contributed by atoms with Crippen molar-refractivity contribution in [2.24, 2.45) is 18.4 Å². The number of hydrogen-bond acceptors (Lipinski definition) is 3. The number of rotatable bonds is 6. The van der Waals surface area contributed by atoms with Gasteiger partial charge in [0.1, 0.15) is 10.6 Å². The van der Waals surface area contributed by atoms with Crippen molar-refractivity contribution in [3.8, 4) is 0 Å². The fourth-order valence-electron chi connectivity index (χ4n) is 2.33. The number of nitrogens with one attached hydrogen (secondary N) is 1. The molecule has 6 nitrogen and oxygen atoms in total. The molecule has 0 aliphatic heterocycles. The third kappa shape index (κ3) is 2.73. The number of aryl methyl sites for hydroxylation is 1. The second kappa shape index (κ2) is 4.89. The average molecular weight is 300 g/mol. The average Bonchev–Trinajstić information content (AvgIpc) is 3.03. The van der Waals surface area contributed by atoms with Crippen molar-refractivity contribution in [3.63, 3.8) is 0 Å². The maximum atomic E-state index is 12.2. The van der Waals surface area contributed by atoms with Gasteiger partial charge in [0.25, 0.3) is 0 Å². The third-order valence-corrected chi connectivity index (χ3v) is 5.61. The Balaban J connectivity index is 2.15. The molecular formula is C13H20N2O4S. The Morgan fingerprint density at radius 3 is 2.50 bits per heavy atom. The Bertz CT molecular complexity index is 627. The lowest BCUT2D eigenvalue weighted by molar-refractivity contribution is 0.0686. The molecule has 0 amide bonds. The first-order chi connectivity index (χ1) is 9.18. The first-order valence-electron chi connectivity index (χ1n) is 6.57. The molecule has 20 heavy (non-hydrogen) atoms. The Hall–Kier alpha value is -1.34. The molecule has 2 rings (SSSR count). The first-order valence-corrected chi connectivity index (χ1v) is 8.06. The van der Waals surface area contributed by atoms with Crippen molar-refractivity contribution in [2.75, 3.05) is 6.54 Å². The fraction of sp³-hybridized carbons (Fsp3) is 0.615. The minimum atomic E-state index is -3.66. The summed E-state index contributed by atoms with van der Waals surface area (Å²) in [5.74, 6) is -0.717. The van der Waals surface area contributed by atoms with E-state index in [0.29, 0.717) is 12.5 Å². The Morgan fingerprint density at radius 1 is 1.50 bits per heavy atom. The summed E-state index contributed by atoms with van der Waals surface area (Å²) >= 11 is 0. The molecule has 0 spiro atoms. The number of carboxylic acid groups (broad SMARTS) is 1. The summed E-state index contributed by atoms with van der Waals surface area (Å²) in [5, 5.41) is 8.95. The van der Waals surface area contributed by atoms with Crippen LogP contribution in [-0.2, 0) is 17.1 Å². The highest BCUT2D eigenvalue weighted by Gasteiger charge is 2.45. The quantitative estimate of drug-likeness (QED) is 0.832. The maximum Gasteiger partial charge on any atom is 0.352 e. The van der Waals surface area contributed by atoms with E-state index in [1.807, 2.05) is 0 Å². The number of hydrogen-bond donors (Lipinski definition) is 2. The van der Waals surface area contributed by atoms with Crippen LogP contribution in [0.2, 0.25) is 0 Å². The van der Waals surface area contributed by atoms with Gasteiger partial charge in [0.2, 0.25) is 10.0 Å². The van der Waals surface area contributed by atoms with Crippen molar-refractivity contribution >= 4 is 16.0 Å². The molecule has 7 heteroatoms. The van der Waals surface area contributed by atoms with Crippen LogP contribution in [0.15, 0.2) is 17.2 Å². The van der Waals surface area contributed by atoms with Crippen molar-refractivity contribution in [1.82, 2.24) is 9.29 Å². The molecule has 2 N–H and O–H groups in total. The second-order valence-corrected chi connectivity index (χ2v) is 7.59. The summed E-state index contributed by atoms with van der Waals surface area (Å²) < 4.78 is 28.3. The smallest absolute Gasteiger partial charge is 0.352 e. The minimum absolute atomic E-state index is 0.00282. The Kier molecular flexibility index (Phi) is 3.68. The van der Waals surface area contributed by atoms with Gasteiger partial charge < -0.3 is 9.67 Å². The van der Waals surface area contributed by atoms with Gasteiger partial charge in [-0.1, -0.05) is 13.8 Å². The molecule has 1 aliphatic rings. The van der Waals surface area contributed by atoms with Crippen molar-refractivity contribution in [2.45, 2.75) is 31.6 Å². The maximum absolute atomic E-state index is 12.2. The summed E-state index contributed by atoms with van der Waals surface area (Å²) in [6.45, 7) is 4.59. The lowest BCUT2D eigenvalue weighted by Crippen LogP contribution is -2.32. The molecular weight excluding hydrogens is 280 g/mol. The topological polar surface area (TPSA) is 88.4 Å². The van der Waals surface area contributed by atoms with Gasteiger partial charge >= 0.3 is 5.97 Å². The third-order valence-electron chi connectivity index (χ3n) is 4.24. The molecule has 1 fully saturated rings. The van der Waals surface area contributed by atoms with E-state index in [1.165, 1.54) is 23.9 Å². The van der Waals surface area contributed by atoms with Crippen LogP contribution in [0.5, 0.6) is 0 Å². The summed E-state index contributed by atoms with van der Waals surface area (Å²) in [5.41, 5.74) is 0.0210. The number of sulfonamides is 1. The van der Waals surface area contributed by atoms with Crippen molar-refractivity contribution < 1.29 is 18.3 Å². The van der Waals surface area contributed by atoms with Gasteiger partial charge in [0.15, 0.2) is 0 Å². The van der Waals surface area contributed by atoms with Gasteiger partial charge in [-0.25, -0.2) is 17.9 Å². The summed E-state index contributed by atoms with van der Waals surface area (Å²) in [7, 11) is -2.14. The number of carbonyl (C=O) groups is 1. The van der Waals surface area contributed by atoms with Gasteiger partial charge in [-0.15, -0.1) is 0 Å². The van der Waals surface area contributed by atoms with Crippen LogP contribution in [0.3, 0.4) is 0 Å². The highest BCUT2D eigenvalue weighted by atomic mass is 32.2. The lowest BCUT2D eigenvalue weighted by atomic mass is 9.93. The van der Waals surface area contributed by atoms with Gasteiger partial charge in [0.05, 0.1) is 0 Å². The highest BCUT2D eigenvalue weighted by molar-refractivity contribution is 7.89. The predicted octanol–water partition coefficient (Wildman–Crippen LogP) is 1.44. The molecule has 0 saturated heterocycles. The standard InChI is InChI=1S/C13H20N2O4S/c1-9(2)13(4-5-13)8-14-20(18,19)10-6-11(12(16)17)15(3)7-10/h6-7,9,14H,4-5,8H2,1-3H3,(H,16,17). The molecule has 0 atom stereocenters. The second-order valence-electron chi connectivity index (χ2n) is 5.82. The van der Waals surface area contributed by atoms with E-state index in [2.05, 4.69) is 18.6 Å². The molecule has 112 valence electrons. The number of carboxylic acids is 1. The van der Waals surface area contributed by atoms with Gasteiger partial charge in [-0.05, 0) is 30.2 Å². The molecule has 1 heterocycles. The molecule has 1 saturated carbocycles. The van der Waals surface area contributed by atoms with E-state index >= 15 is 0 Å². The number of aromatic carboxylic acids is 1. The summed E-state index contributed by atoms with van der Waals surface area (Å²) in [4.78, 5) is 10.9. The van der Waals surface area contributed by atoms with Gasteiger partial charge in [0, 0.05) is 19.8 Å². The fourth-order valence-corrected chi connectivity index (χ4v) is 3.54. The molecule has 0 unspecified atom stereocenters. The van der Waals surface area contributed by atoms with E-state index in [-0.39, 0.29) is 16.0 Å². The normalized spacial score (nSPS) is 17.4. The minimum Gasteiger partial charge on any atom is -0.477 e. The van der Waals surface area contributed by atoms with E-state index < -0.39 is 16.0 Å². The van der Waals surface area contributed by atoms with E-state index in [9.17, 15) is 13.2 Å². The van der Waals surface area contributed by atoms with Crippen LogP contribution >= 0.6 is 0 Å². The largest absolute Gasteiger partial charge is 0.477 e.